The summed E-state index contributed by atoms with van der Waals surface area (Å²) >= 11 is 5.74. The van der Waals surface area contributed by atoms with Gasteiger partial charge in [-0.1, -0.05) is 39.8 Å². The number of anilines is 1. The second-order valence-electron chi connectivity index (χ2n) is 5.69. The van der Waals surface area contributed by atoms with Crippen LogP contribution in [0.15, 0.2) is 24.3 Å². The van der Waals surface area contributed by atoms with Crippen LogP contribution in [0.25, 0.3) is 0 Å². The average Bonchev–Trinajstić information content (AvgIpc) is 2.35. The first-order valence-electron chi connectivity index (χ1n) is 6.61. The molecular weight excluding hydrogens is 260 g/mol. The fraction of sp³-hybridized carbons (Fsp3) is 0.533. The molecule has 106 valence electrons. The van der Waals surface area contributed by atoms with Crippen molar-refractivity contribution in [1.82, 2.24) is 5.32 Å². The van der Waals surface area contributed by atoms with Crippen LogP contribution in [0.4, 0.5) is 10.5 Å². The third-order valence-electron chi connectivity index (χ3n) is 3.02. The van der Waals surface area contributed by atoms with Crippen molar-refractivity contribution in [2.75, 3.05) is 11.2 Å². The van der Waals surface area contributed by atoms with Gasteiger partial charge in [0.1, 0.15) is 0 Å². The number of benzene rings is 1. The van der Waals surface area contributed by atoms with Crippen molar-refractivity contribution in [2.24, 2.45) is 0 Å². The number of nitrogens with one attached hydrogen (secondary N) is 2. The minimum atomic E-state index is -0.212. The highest BCUT2D eigenvalue weighted by Gasteiger charge is 2.13. The maximum atomic E-state index is 11.7. The van der Waals surface area contributed by atoms with E-state index in [-0.39, 0.29) is 17.5 Å². The van der Waals surface area contributed by atoms with Gasteiger partial charge in [0.15, 0.2) is 0 Å². The van der Waals surface area contributed by atoms with Crippen LogP contribution >= 0.6 is 11.6 Å². The van der Waals surface area contributed by atoms with Crippen LogP contribution in [-0.4, -0.2) is 18.0 Å². The number of amides is 2. The predicted molar refractivity (Wildman–Crippen MR) is 82.1 cm³/mol. The van der Waals surface area contributed by atoms with Gasteiger partial charge in [0, 0.05) is 17.6 Å². The van der Waals surface area contributed by atoms with Gasteiger partial charge in [-0.3, -0.25) is 0 Å². The molecule has 0 unspecified atom stereocenters. The smallest absolute Gasteiger partial charge is 0.319 e. The van der Waals surface area contributed by atoms with E-state index in [9.17, 15) is 4.79 Å². The van der Waals surface area contributed by atoms with Crippen LogP contribution in [0.3, 0.4) is 0 Å². The number of hydrogen-bond donors (Lipinski definition) is 2. The Morgan fingerprint density at radius 3 is 2.26 bits per heavy atom. The number of halogens is 1. The predicted octanol–water partition coefficient (Wildman–Crippen LogP) is 4.12. The van der Waals surface area contributed by atoms with Crippen LogP contribution in [-0.2, 0) is 5.41 Å². The molecule has 1 aromatic carbocycles. The monoisotopic (exact) mass is 282 g/mol. The first-order chi connectivity index (χ1) is 8.86. The van der Waals surface area contributed by atoms with Crippen molar-refractivity contribution in [3.63, 3.8) is 0 Å². The standard InChI is InChI=1S/C15H23ClN2O/c1-5-12(10-16)17-14(19)18-13-8-6-11(7-9-13)15(2,3)4/h6-9,12H,5,10H2,1-4H3,(H2,17,18,19)/t12-/m1/s1. The lowest BCUT2D eigenvalue weighted by atomic mass is 9.87. The highest BCUT2D eigenvalue weighted by Crippen LogP contribution is 2.23. The molecule has 0 radical (unpaired) electrons. The van der Waals surface area contributed by atoms with Gasteiger partial charge in [-0.05, 0) is 29.5 Å². The van der Waals surface area contributed by atoms with E-state index < -0.39 is 0 Å². The molecule has 0 fully saturated rings. The number of carbonyl (C=O) groups excluding carboxylic acids is 1. The Labute approximate surface area is 120 Å². The van der Waals surface area contributed by atoms with E-state index in [4.69, 9.17) is 11.6 Å². The Morgan fingerprint density at radius 2 is 1.84 bits per heavy atom. The number of alkyl halides is 1. The van der Waals surface area contributed by atoms with Gasteiger partial charge < -0.3 is 10.6 Å². The van der Waals surface area contributed by atoms with E-state index >= 15 is 0 Å². The Kier molecular flexibility index (Phi) is 5.67. The lowest BCUT2D eigenvalue weighted by molar-refractivity contribution is 0.249. The number of carbonyl (C=O) groups is 1. The normalized spacial score (nSPS) is 12.9. The molecule has 3 nitrogen and oxygen atoms in total. The maximum absolute atomic E-state index is 11.7. The van der Waals surface area contributed by atoms with Gasteiger partial charge in [-0.15, -0.1) is 11.6 Å². The second kappa shape index (κ2) is 6.80. The van der Waals surface area contributed by atoms with E-state index in [0.717, 1.165) is 12.1 Å². The lowest BCUT2D eigenvalue weighted by Crippen LogP contribution is -2.38. The molecule has 0 aliphatic rings. The first kappa shape index (κ1) is 15.8. The third kappa shape index (κ3) is 5.11. The van der Waals surface area contributed by atoms with Crippen molar-refractivity contribution >= 4 is 23.3 Å². The van der Waals surface area contributed by atoms with Gasteiger partial charge in [-0.2, -0.15) is 0 Å². The summed E-state index contributed by atoms with van der Waals surface area (Å²) < 4.78 is 0. The SMILES string of the molecule is CC[C@H](CCl)NC(=O)Nc1ccc(C(C)(C)C)cc1. The van der Waals surface area contributed by atoms with E-state index in [1.54, 1.807) is 0 Å². The molecule has 0 aliphatic heterocycles. The molecule has 0 heterocycles. The van der Waals surface area contributed by atoms with Crippen molar-refractivity contribution < 1.29 is 4.79 Å². The summed E-state index contributed by atoms with van der Waals surface area (Å²) in [6.07, 6.45) is 0.819. The zero-order valence-corrected chi connectivity index (χ0v) is 12.8. The number of urea groups is 1. The fourth-order valence-corrected chi connectivity index (χ4v) is 1.95. The Bertz CT molecular complexity index is 405. The molecular formula is C15H23ClN2O. The highest BCUT2D eigenvalue weighted by molar-refractivity contribution is 6.18. The molecule has 0 saturated heterocycles. The largest absolute Gasteiger partial charge is 0.334 e. The summed E-state index contributed by atoms with van der Waals surface area (Å²) in [4.78, 5) is 11.7. The zero-order valence-electron chi connectivity index (χ0n) is 12.1. The molecule has 2 N–H and O–H groups in total. The lowest BCUT2D eigenvalue weighted by Gasteiger charge is -2.19. The summed E-state index contributed by atoms with van der Waals surface area (Å²) in [6, 6.07) is 7.71. The molecule has 2 amide bonds. The Balaban J connectivity index is 2.61. The van der Waals surface area contributed by atoms with Crippen LogP contribution < -0.4 is 10.6 Å². The number of hydrogen-bond acceptors (Lipinski definition) is 1. The summed E-state index contributed by atoms with van der Waals surface area (Å²) in [5, 5.41) is 5.64. The molecule has 4 heteroatoms. The summed E-state index contributed by atoms with van der Waals surface area (Å²) in [5.74, 6) is 0.423. The topological polar surface area (TPSA) is 41.1 Å². The molecule has 1 rings (SSSR count). The van der Waals surface area contributed by atoms with Crippen molar-refractivity contribution in [1.29, 1.82) is 0 Å². The van der Waals surface area contributed by atoms with Gasteiger partial charge in [0.2, 0.25) is 0 Å². The second-order valence-corrected chi connectivity index (χ2v) is 5.99. The van der Waals surface area contributed by atoms with Crippen molar-refractivity contribution in [3.05, 3.63) is 29.8 Å². The van der Waals surface area contributed by atoms with Crippen molar-refractivity contribution in [2.45, 2.75) is 45.6 Å². The van der Waals surface area contributed by atoms with E-state index in [1.807, 2.05) is 31.2 Å². The average molecular weight is 283 g/mol. The van der Waals surface area contributed by atoms with Gasteiger partial charge in [0.05, 0.1) is 0 Å². The summed E-state index contributed by atoms with van der Waals surface area (Å²) in [5.41, 5.74) is 2.15. The van der Waals surface area contributed by atoms with E-state index in [1.165, 1.54) is 5.56 Å². The summed E-state index contributed by atoms with van der Waals surface area (Å²) in [6.45, 7) is 8.48. The van der Waals surface area contributed by atoms with E-state index in [0.29, 0.717) is 5.88 Å². The molecule has 1 atom stereocenters. The quantitative estimate of drug-likeness (QED) is 0.801. The minimum absolute atomic E-state index is 0.00974. The zero-order chi connectivity index (χ0) is 14.5. The van der Waals surface area contributed by atoms with E-state index in [2.05, 4.69) is 31.4 Å². The third-order valence-corrected chi connectivity index (χ3v) is 3.40. The Morgan fingerprint density at radius 1 is 1.26 bits per heavy atom. The molecule has 0 bridgehead atoms. The molecule has 19 heavy (non-hydrogen) atoms. The minimum Gasteiger partial charge on any atom is -0.334 e. The van der Waals surface area contributed by atoms with Crippen molar-refractivity contribution in [3.8, 4) is 0 Å². The van der Waals surface area contributed by atoms with Gasteiger partial charge in [-0.25, -0.2) is 4.79 Å². The van der Waals surface area contributed by atoms with Crippen LogP contribution in [0.2, 0.25) is 0 Å². The molecule has 0 aromatic heterocycles. The van der Waals surface area contributed by atoms with Gasteiger partial charge in [0.25, 0.3) is 0 Å². The first-order valence-corrected chi connectivity index (χ1v) is 7.14. The maximum Gasteiger partial charge on any atom is 0.319 e. The fourth-order valence-electron chi connectivity index (χ4n) is 1.66. The van der Waals surface area contributed by atoms with Crippen LogP contribution in [0.5, 0.6) is 0 Å². The summed E-state index contributed by atoms with van der Waals surface area (Å²) in [7, 11) is 0. The highest BCUT2D eigenvalue weighted by atomic mass is 35.5. The van der Waals surface area contributed by atoms with Gasteiger partial charge >= 0.3 is 6.03 Å². The van der Waals surface area contributed by atoms with Crippen LogP contribution in [0.1, 0.15) is 39.7 Å². The molecule has 0 aliphatic carbocycles. The molecule has 0 spiro atoms. The Hall–Kier alpha value is -1.22. The van der Waals surface area contributed by atoms with Crippen LogP contribution in [0, 0.1) is 0 Å². The molecule has 0 saturated carbocycles. The number of rotatable bonds is 4. The molecule has 1 aromatic rings.